The molecule has 2 amide bonds. The standard InChI is InChI=1S/C24H17F3N2O3/c1-2-32-18-9-6-14(7-10-18)21-22(28-16-5-3-4-15(25)12-16)24(31)29(23(21)30)17-8-11-19(26)20(27)13-17/h3-13,28H,2H2,1H3. The number of benzene rings is 3. The number of carbonyl (C=O) groups excluding carboxylic acids is 2. The second-order valence-electron chi connectivity index (χ2n) is 6.89. The van der Waals surface area contributed by atoms with Gasteiger partial charge in [0.1, 0.15) is 17.3 Å². The molecule has 0 bridgehead atoms. The fourth-order valence-electron chi connectivity index (χ4n) is 3.37. The molecule has 4 rings (SSSR count). The summed E-state index contributed by atoms with van der Waals surface area (Å²) >= 11 is 0. The third kappa shape index (κ3) is 3.94. The highest BCUT2D eigenvalue weighted by molar-refractivity contribution is 6.46. The second kappa shape index (κ2) is 8.58. The molecule has 0 fully saturated rings. The van der Waals surface area contributed by atoms with Crippen molar-refractivity contribution in [1.82, 2.24) is 0 Å². The third-order valence-electron chi connectivity index (χ3n) is 4.79. The van der Waals surface area contributed by atoms with Gasteiger partial charge >= 0.3 is 0 Å². The number of amides is 2. The zero-order chi connectivity index (χ0) is 22.8. The van der Waals surface area contributed by atoms with Crippen LogP contribution in [-0.4, -0.2) is 18.4 Å². The average Bonchev–Trinajstić information content (AvgIpc) is 3.01. The zero-order valence-corrected chi connectivity index (χ0v) is 16.9. The van der Waals surface area contributed by atoms with Gasteiger partial charge in [0.25, 0.3) is 11.8 Å². The first-order valence-corrected chi connectivity index (χ1v) is 9.73. The summed E-state index contributed by atoms with van der Waals surface area (Å²) in [5.74, 6) is -3.78. The lowest BCUT2D eigenvalue weighted by molar-refractivity contribution is -0.120. The topological polar surface area (TPSA) is 58.6 Å². The minimum atomic E-state index is -1.20. The van der Waals surface area contributed by atoms with E-state index in [0.29, 0.717) is 17.9 Å². The highest BCUT2D eigenvalue weighted by Gasteiger charge is 2.40. The minimum Gasteiger partial charge on any atom is -0.494 e. The Bertz CT molecular complexity index is 1240. The number of hydrogen-bond acceptors (Lipinski definition) is 4. The SMILES string of the molecule is CCOc1ccc(C2=C(Nc3cccc(F)c3)C(=O)N(c3ccc(F)c(F)c3)C2=O)cc1. The van der Waals surface area contributed by atoms with Gasteiger partial charge in [-0.15, -0.1) is 0 Å². The molecular weight excluding hydrogens is 421 g/mol. The molecule has 0 saturated heterocycles. The van der Waals surface area contributed by atoms with Crippen molar-refractivity contribution in [2.45, 2.75) is 6.92 Å². The molecule has 1 N–H and O–H groups in total. The van der Waals surface area contributed by atoms with Crippen molar-refractivity contribution < 1.29 is 27.5 Å². The Morgan fingerprint density at radius 1 is 0.875 bits per heavy atom. The monoisotopic (exact) mass is 438 g/mol. The van der Waals surface area contributed by atoms with Gasteiger partial charge in [-0.05, 0) is 55.0 Å². The summed E-state index contributed by atoms with van der Waals surface area (Å²) in [6.07, 6.45) is 0. The van der Waals surface area contributed by atoms with E-state index in [4.69, 9.17) is 4.74 Å². The Balaban J connectivity index is 1.80. The van der Waals surface area contributed by atoms with Crippen molar-refractivity contribution in [1.29, 1.82) is 0 Å². The van der Waals surface area contributed by atoms with Gasteiger partial charge < -0.3 is 10.1 Å². The van der Waals surface area contributed by atoms with Gasteiger partial charge in [-0.2, -0.15) is 0 Å². The van der Waals surface area contributed by atoms with Crippen LogP contribution in [0.25, 0.3) is 5.57 Å². The van der Waals surface area contributed by atoms with Crippen LogP contribution in [0.4, 0.5) is 24.5 Å². The van der Waals surface area contributed by atoms with Crippen LogP contribution in [0.15, 0.2) is 72.4 Å². The molecule has 0 radical (unpaired) electrons. The lowest BCUT2D eigenvalue weighted by Gasteiger charge is -2.15. The largest absolute Gasteiger partial charge is 0.494 e. The summed E-state index contributed by atoms with van der Waals surface area (Å²) < 4.78 is 46.3. The third-order valence-corrected chi connectivity index (χ3v) is 4.79. The van der Waals surface area contributed by atoms with Gasteiger partial charge in [0, 0.05) is 11.8 Å². The smallest absolute Gasteiger partial charge is 0.282 e. The first-order chi connectivity index (χ1) is 15.4. The maximum atomic E-state index is 13.8. The quantitative estimate of drug-likeness (QED) is 0.557. The van der Waals surface area contributed by atoms with Crippen LogP contribution in [-0.2, 0) is 9.59 Å². The molecule has 0 aliphatic carbocycles. The molecule has 1 aliphatic heterocycles. The number of nitrogens with zero attached hydrogens (tertiary/aromatic N) is 1. The van der Waals surface area contributed by atoms with Crippen LogP contribution >= 0.6 is 0 Å². The molecule has 8 heteroatoms. The lowest BCUT2D eigenvalue weighted by atomic mass is 10.0. The van der Waals surface area contributed by atoms with E-state index in [1.807, 2.05) is 6.92 Å². The predicted molar refractivity (Wildman–Crippen MR) is 113 cm³/mol. The Morgan fingerprint density at radius 3 is 2.28 bits per heavy atom. The van der Waals surface area contributed by atoms with E-state index in [1.54, 1.807) is 24.3 Å². The van der Waals surface area contributed by atoms with Crippen LogP contribution in [0, 0.1) is 17.5 Å². The Kier molecular flexibility index (Phi) is 5.68. The molecule has 0 spiro atoms. The average molecular weight is 438 g/mol. The van der Waals surface area contributed by atoms with E-state index in [-0.39, 0.29) is 22.6 Å². The van der Waals surface area contributed by atoms with Crippen LogP contribution in [0.5, 0.6) is 5.75 Å². The van der Waals surface area contributed by atoms with Crippen LogP contribution < -0.4 is 15.0 Å². The van der Waals surface area contributed by atoms with E-state index in [0.717, 1.165) is 23.1 Å². The summed E-state index contributed by atoms with van der Waals surface area (Å²) in [5.41, 5.74) is 0.410. The first-order valence-electron chi connectivity index (χ1n) is 9.73. The molecular formula is C24H17F3N2O3. The summed E-state index contributed by atoms with van der Waals surface area (Å²) in [4.78, 5) is 27.2. The van der Waals surface area contributed by atoms with Crippen molar-refractivity contribution in [2.75, 3.05) is 16.8 Å². The number of imide groups is 1. The fraction of sp³-hybridized carbons (Fsp3) is 0.0833. The molecule has 1 heterocycles. The van der Waals surface area contributed by atoms with Crippen molar-refractivity contribution in [3.8, 4) is 5.75 Å². The molecule has 0 atom stereocenters. The summed E-state index contributed by atoms with van der Waals surface area (Å²) in [6, 6.07) is 14.6. The number of halogens is 3. The van der Waals surface area contributed by atoms with Gasteiger partial charge in [-0.1, -0.05) is 18.2 Å². The number of rotatable bonds is 6. The molecule has 0 aromatic heterocycles. The maximum absolute atomic E-state index is 13.8. The van der Waals surface area contributed by atoms with Gasteiger partial charge in [0.05, 0.1) is 17.9 Å². The molecule has 5 nitrogen and oxygen atoms in total. The van der Waals surface area contributed by atoms with Crippen molar-refractivity contribution in [2.24, 2.45) is 0 Å². The molecule has 0 unspecified atom stereocenters. The summed E-state index contributed by atoms with van der Waals surface area (Å²) in [6.45, 7) is 2.28. The predicted octanol–water partition coefficient (Wildman–Crippen LogP) is 4.90. The van der Waals surface area contributed by atoms with Crippen molar-refractivity contribution in [3.05, 3.63) is 95.4 Å². The van der Waals surface area contributed by atoms with E-state index in [9.17, 15) is 22.8 Å². The van der Waals surface area contributed by atoms with E-state index in [1.165, 1.54) is 24.3 Å². The van der Waals surface area contributed by atoms with Gasteiger partial charge in [-0.25, -0.2) is 18.1 Å². The van der Waals surface area contributed by atoms with Crippen LogP contribution in [0.3, 0.4) is 0 Å². The van der Waals surface area contributed by atoms with E-state index >= 15 is 0 Å². The molecule has 3 aromatic rings. The number of ether oxygens (including phenoxy) is 1. The Labute approximate surface area is 181 Å². The molecule has 3 aromatic carbocycles. The minimum absolute atomic E-state index is 0.00652. The number of nitrogens with one attached hydrogen (secondary N) is 1. The van der Waals surface area contributed by atoms with E-state index < -0.39 is 29.3 Å². The molecule has 1 aliphatic rings. The molecule has 0 saturated carbocycles. The summed E-state index contributed by atoms with van der Waals surface area (Å²) in [5, 5.41) is 2.80. The number of hydrogen-bond donors (Lipinski definition) is 1. The zero-order valence-electron chi connectivity index (χ0n) is 16.9. The first kappa shape index (κ1) is 21.2. The highest BCUT2D eigenvalue weighted by Crippen LogP contribution is 2.35. The maximum Gasteiger partial charge on any atom is 0.282 e. The van der Waals surface area contributed by atoms with Crippen LogP contribution in [0.1, 0.15) is 12.5 Å². The highest BCUT2D eigenvalue weighted by atomic mass is 19.2. The molecule has 32 heavy (non-hydrogen) atoms. The van der Waals surface area contributed by atoms with Gasteiger partial charge in [0.15, 0.2) is 11.6 Å². The van der Waals surface area contributed by atoms with Crippen molar-refractivity contribution in [3.63, 3.8) is 0 Å². The Hall–Kier alpha value is -4.07. The Morgan fingerprint density at radius 2 is 1.62 bits per heavy atom. The molecule has 162 valence electrons. The lowest BCUT2D eigenvalue weighted by Crippen LogP contribution is -2.32. The van der Waals surface area contributed by atoms with Gasteiger partial charge in [0.2, 0.25) is 0 Å². The number of carbonyl (C=O) groups is 2. The van der Waals surface area contributed by atoms with Crippen molar-refractivity contribution >= 4 is 28.8 Å². The van der Waals surface area contributed by atoms with E-state index in [2.05, 4.69) is 5.32 Å². The second-order valence-corrected chi connectivity index (χ2v) is 6.89. The van der Waals surface area contributed by atoms with Gasteiger partial charge in [-0.3, -0.25) is 9.59 Å². The summed E-state index contributed by atoms with van der Waals surface area (Å²) in [7, 11) is 0. The number of anilines is 2. The normalized spacial score (nSPS) is 13.7. The fourth-order valence-corrected chi connectivity index (χ4v) is 3.37. The van der Waals surface area contributed by atoms with Crippen LogP contribution in [0.2, 0.25) is 0 Å².